The molecule has 5 nitrogen and oxygen atoms in total. The molecule has 3 heterocycles. The van der Waals surface area contributed by atoms with Gasteiger partial charge in [-0.3, -0.25) is 9.80 Å². The van der Waals surface area contributed by atoms with Crippen LogP contribution in [0.3, 0.4) is 0 Å². The number of hydrogen-bond acceptors (Lipinski definition) is 5. The number of benzene rings is 1. The van der Waals surface area contributed by atoms with Crippen LogP contribution in [0.1, 0.15) is 18.4 Å². The van der Waals surface area contributed by atoms with Crippen molar-refractivity contribution in [2.24, 2.45) is 0 Å². The highest BCUT2D eigenvalue weighted by Crippen LogP contribution is 2.34. The van der Waals surface area contributed by atoms with Crippen molar-refractivity contribution in [1.82, 2.24) is 9.80 Å². The molecule has 0 bridgehead atoms. The minimum atomic E-state index is -0.201. The zero-order chi connectivity index (χ0) is 17.8. The molecule has 1 spiro atoms. The van der Waals surface area contributed by atoms with Gasteiger partial charge in [-0.1, -0.05) is 12.1 Å². The van der Waals surface area contributed by atoms with Crippen molar-refractivity contribution in [1.29, 1.82) is 0 Å². The van der Waals surface area contributed by atoms with Crippen LogP contribution in [0.2, 0.25) is 0 Å². The molecule has 1 aromatic rings. The van der Waals surface area contributed by atoms with Crippen LogP contribution in [0.15, 0.2) is 24.3 Å². The third-order valence-corrected chi connectivity index (χ3v) is 5.65. The number of rotatable bonds is 4. The zero-order valence-electron chi connectivity index (χ0n) is 15.4. The average molecular weight is 364 g/mol. The Morgan fingerprint density at radius 2 is 1.73 bits per heavy atom. The summed E-state index contributed by atoms with van der Waals surface area (Å²) >= 11 is 0. The highest BCUT2D eigenvalue weighted by molar-refractivity contribution is 5.16. The third kappa shape index (κ3) is 4.61. The van der Waals surface area contributed by atoms with E-state index < -0.39 is 0 Å². The average Bonchev–Trinajstić information content (AvgIpc) is 2.92. The maximum absolute atomic E-state index is 13.1. The van der Waals surface area contributed by atoms with Gasteiger partial charge in [0, 0.05) is 39.3 Å². The van der Waals surface area contributed by atoms with E-state index in [1.165, 1.54) is 12.1 Å². The number of morpholine rings is 1. The van der Waals surface area contributed by atoms with E-state index in [1.807, 2.05) is 12.1 Å². The molecular weight excluding hydrogens is 335 g/mol. The topological polar surface area (TPSA) is 34.2 Å². The molecule has 0 saturated carbocycles. The lowest BCUT2D eigenvalue weighted by Gasteiger charge is -2.33. The Labute approximate surface area is 155 Å². The van der Waals surface area contributed by atoms with Gasteiger partial charge in [0.05, 0.1) is 32.5 Å². The fraction of sp³-hybridized carbons (Fsp3) is 0.700. The van der Waals surface area contributed by atoms with E-state index in [-0.39, 0.29) is 17.5 Å². The van der Waals surface area contributed by atoms with Crippen molar-refractivity contribution in [3.05, 3.63) is 35.6 Å². The van der Waals surface area contributed by atoms with Gasteiger partial charge in [-0.15, -0.1) is 0 Å². The Kier molecular flexibility index (Phi) is 5.86. The van der Waals surface area contributed by atoms with E-state index in [0.29, 0.717) is 6.61 Å². The molecule has 3 aliphatic rings. The fourth-order valence-electron chi connectivity index (χ4n) is 4.29. The van der Waals surface area contributed by atoms with Gasteiger partial charge in [0.1, 0.15) is 11.4 Å². The van der Waals surface area contributed by atoms with Gasteiger partial charge < -0.3 is 14.2 Å². The SMILES string of the molecule is Fc1ccc(CN2CCOC[C@]3(CC[C@H](CN4CCOCC4)O3)C2)cc1. The fourth-order valence-corrected chi connectivity index (χ4v) is 4.29. The summed E-state index contributed by atoms with van der Waals surface area (Å²) in [6.45, 7) is 8.61. The van der Waals surface area contributed by atoms with Gasteiger partial charge in [0.25, 0.3) is 0 Å². The Morgan fingerprint density at radius 1 is 1.00 bits per heavy atom. The highest BCUT2D eigenvalue weighted by Gasteiger charge is 2.43. The zero-order valence-corrected chi connectivity index (χ0v) is 15.4. The molecule has 0 unspecified atom stereocenters. The van der Waals surface area contributed by atoms with Gasteiger partial charge in [0.15, 0.2) is 0 Å². The third-order valence-electron chi connectivity index (χ3n) is 5.65. The molecule has 3 aliphatic heterocycles. The minimum absolute atomic E-state index is 0.186. The Balaban J connectivity index is 1.35. The van der Waals surface area contributed by atoms with Crippen molar-refractivity contribution < 1.29 is 18.6 Å². The summed E-state index contributed by atoms with van der Waals surface area (Å²) in [6, 6.07) is 6.79. The predicted octanol–water partition coefficient (Wildman–Crippen LogP) is 1.91. The van der Waals surface area contributed by atoms with Crippen LogP contribution in [0.4, 0.5) is 4.39 Å². The highest BCUT2D eigenvalue weighted by atomic mass is 19.1. The lowest BCUT2D eigenvalue weighted by atomic mass is 9.99. The standard InChI is InChI=1S/C20H29FN2O3/c21-18-3-1-17(2-4-18)13-23-9-12-25-16-20(15-23)6-5-19(26-20)14-22-7-10-24-11-8-22/h1-4,19H,5-16H2/t19-,20+/m1/s1. The molecule has 2 atom stereocenters. The summed E-state index contributed by atoms with van der Waals surface area (Å²) in [4.78, 5) is 4.83. The van der Waals surface area contributed by atoms with Crippen LogP contribution in [0, 0.1) is 5.82 Å². The van der Waals surface area contributed by atoms with Crippen molar-refractivity contribution in [2.75, 3.05) is 59.2 Å². The minimum Gasteiger partial charge on any atom is -0.379 e. The Morgan fingerprint density at radius 3 is 2.54 bits per heavy atom. The molecule has 0 N–H and O–H groups in total. The van der Waals surface area contributed by atoms with Gasteiger partial charge >= 0.3 is 0 Å². The van der Waals surface area contributed by atoms with E-state index in [1.54, 1.807) is 0 Å². The lowest BCUT2D eigenvalue weighted by Crippen LogP contribution is -2.46. The van der Waals surface area contributed by atoms with Crippen molar-refractivity contribution in [3.8, 4) is 0 Å². The molecule has 3 fully saturated rings. The first-order valence-electron chi connectivity index (χ1n) is 9.73. The van der Waals surface area contributed by atoms with Crippen LogP contribution in [-0.4, -0.2) is 80.7 Å². The predicted molar refractivity (Wildman–Crippen MR) is 96.6 cm³/mol. The molecule has 3 saturated heterocycles. The molecule has 1 aromatic carbocycles. The summed E-state index contributed by atoms with van der Waals surface area (Å²) in [5, 5.41) is 0. The van der Waals surface area contributed by atoms with Gasteiger partial charge in [-0.05, 0) is 30.5 Å². The summed E-state index contributed by atoms with van der Waals surface area (Å²) in [7, 11) is 0. The first-order valence-corrected chi connectivity index (χ1v) is 9.73. The van der Waals surface area contributed by atoms with Crippen molar-refractivity contribution in [2.45, 2.75) is 31.1 Å². The molecule has 0 amide bonds. The number of hydrogen-bond donors (Lipinski definition) is 0. The van der Waals surface area contributed by atoms with E-state index in [2.05, 4.69) is 9.80 Å². The molecule has 144 valence electrons. The number of nitrogens with zero attached hydrogens (tertiary/aromatic N) is 2. The summed E-state index contributed by atoms with van der Waals surface area (Å²) in [5.74, 6) is -0.186. The molecule has 0 aromatic heterocycles. The second-order valence-corrected chi connectivity index (χ2v) is 7.76. The van der Waals surface area contributed by atoms with E-state index in [9.17, 15) is 4.39 Å². The Bertz CT molecular complexity index is 579. The van der Waals surface area contributed by atoms with Gasteiger partial charge in [-0.25, -0.2) is 4.39 Å². The molecule has 0 aliphatic carbocycles. The second kappa shape index (κ2) is 8.31. The first kappa shape index (κ1) is 18.3. The van der Waals surface area contributed by atoms with Crippen LogP contribution in [0.25, 0.3) is 0 Å². The normalized spacial score (nSPS) is 31.3. The summed E-state index contributed by atoms with van der Waals surface area (Å²) in [6.07, 6.45) is 2.41. The molecule has 4 rings (SSSR count). The molecule has 26 heavy (non-hydrogen) atoms. The van der Waals surface area contributed by atoms with E-state index in [4.69, 9.17) is 14.2 Å². The first-order chi connectivity index (χ1) is 12.7. The van der Waals surface area contributed by atoms with Crippen molar-refractivity contribution in [3.63, 3.8) is 0 Å². The lowest BCUT2D eigenvalue weighted by molar-refractivity contribution is -0.0967. The molecular formula is C20H29FN2O3. The smallest absolute Gasteiger partial charge is 0.123 e. The largest absolute Gasteiger partial charge is 0.379 e. The quantitative estimate of drug-likeness (QED) is 0.815. The maximum atomic E-state index is 13.1. The van der Waals surface area contributed by atoms with Crippen molar-refractivity contribution >= 4 is 0 Å². The van der Waals surface area contributed by atoms with Crippen LogP contribution in [-0.2, 0) is 20.8 Å². The monoisotopic (exact) mass is 364 g/mol. The van der Waals surface area contributed by atoms with E-state index >= 15 is 0 Å². The van der Waals surface area contributed by atoms with Gasteiger partial charge in [0.2, 0.25) is 0 Å². The number of halogens is 1. The van der Waals surface area contributed by atoms with Crippen LogP contribution >= 0.6 is 0 Å². The molecule has 0 radical (unpaired) electrons. The number of ether oxygens (including phenoxy) is 3. The summed E-state index contributed by atoms with van der Waals surface area (Å²) < 4.78 is 31.0. The van der Waals surface area contributed by atoms with Crippen LogP contribution in [0.5, 0.6) is 0 Å². The Hall–Kier alpha value is -1.05. The van der Waals surface area contributed by atoms with Gasteiger partial charge in [-0.2, -0.15) is 0 Å². The van der Waals surface area contributed by atoms with Crippen LogP contribution < -0.4 is 0 Å². The molecule has 6 heteroatoms. The maximum Gasteiger partial charge on any atom is 0.123 e. The summed E-state index contributed by atoms with van der Waals surface area (Å²) in [5.41, 5.74) is 0.930. The second-order valence-electron chi connectivity index (χ2n) is 7.76. The van der Waals surface area contributed by atoms with E-state index in [0.717, 1.165) is 77.5 Å².